The van der Waals surface area contributed by atoms with Crippen LogP contribution in [0.5, 0.6) is 0 Å². The van der Waals surface area contributed by atoms with Gasteiger partial charge in [0.25, 0.3) is 5.91 Å². The number of alkyl halides is 3. The molecule has 0 radical (unpaired) electrons. The van der Waals surface area contributed by atoms with Crippen molar-refractivity contribution in [2.24, 2.45) is 5.92 Å². The van der Waals surface area contributed by atoms with Crippen molar-refractivity contribution in [2.45, 2.75) is 45.3 Å². The van der Waals surface area contributed by atoms with E-state index in [1.807, 2.05) is 18.7 Å². The van der Waals surface area contributed by atoms with Gasteiger partial charge in [0, 0.05) is 31.2 Å². The molecule has 2 aromatic carbocycles. The molecule has 0 aliphatic carbocycles. The largest absolute Gasteiger partial charge is 0.416 e. The third-order valence-electron chi connectivity index (χ3n) is 5.41. The van der Waals surface area contributed by atoms with E-state index in [2.05, 4.69) is 10.6 Å². The first-order valence-corrected chi connectivity index (χ1v) is 10.8. The zero-order valence-electron chi connectivity index (χ0n) is 18.2. The molecule has 0 spiro atoms. The Labute approximate surface area is 186 Å². The Morgan fingerprint density at radius 3 is 2.41 bits per heavy atom. The number of carbonyl (C=O) groups excluding carboxylic acids is 2. The van der Waals surface area contributed by atoms with Crippen molar-refractivity contribution in [3.05, 3.63) is 59.7 Å². The van der Waals surface area contributed by atoms with Gasteiger partial charge in [-0.2, -0.15) is 13.2 Å². The van der Waals surface area contributed by atoms with E-state index >= 15 is 0 Å². The van der Waals surface area contributed by atoms with Crippen molar-refractivity contribution < 1.29 is 22.8 Å². The van der Waals surface area contributed by atoms with Crippen LogP contribution in [0, 0.1) is 5.92 Å². The number of likely N-dealkylation sites (tertiary alicyclic amines) is 1. The van der Waals surface area contributed by atoms with Crippen molar-refractivity contribution >= 4 is 23.2 Å². The van der Waals surface area contributed by atoms with E-state index in [1.165, 1.54) is 12.1 Å². The van der Waals surface area contributed by atoms with E-state index < -0.39 is 11.7 Å². The van der Waals surface area contributed by atoms with Gasteiger partial charge in [-0.05, 0) is 49.1 Å². The molecule has 172 valence electrons. The fourth-order valence-electron chi connectivity index (χ4n) is 3.73. The molecule has 1 saturated heterocycles. The normalized spacial score (nSPS) is 15.0. The van der Waals surface area contributed by atoms with Gasteiger partial charge in [-0.3, -0.25) is 9.59 Å². The fraction of sp³-hybridized carbons (Fsp3) is 0.417. The molecule has 32 heavy (non-hydrogen) atoms. The maximum atomic E-state index is 13.0. The minimum absolute atomic E-state index is 0.0628. The molecule has 0 saturated carbocycles. The monoisotopic (exact) mass is 447 g/mol. The maximum Gasteiger partial charge on any atom is 0.416 e. The summed E-state index contributed by atoms with van der Waals surface area (Å²) in [5.41, 5.74) is 0.261. The van der Waals surface area contributed by atoms with Crippen LogP contribution in [0.3, 0.4) is 0 Å². The molecule has 8 heteroatoms. The summed E-state index contributed by atoms with van der Waals surface area (Å²) in [7, 11) is 0. The Kier molecular flexibility index (Phi) is 7.43. The van der Waals surface area contributed by atoms with Crippen molar-refractivity contribution in [1.29, 1.82) is 0 Å². The Hall–Kier alpha value is -3.03. The number of halogens is 3. The van der Waals surface area contributed by atoms with E-state index in [1.54, 1.807) is 24.3 Å². The number of hydrogen-bond acceptors (Lipinski definition) is 3. The van der Waals surface area contributed by atoms with Crippen LogP contribution in [-0.2, 0) is 11.0 Å². The van der Waals surface area contributed by atoms with Crippen molar-refractivity contribution in [1.82, 2.24) is 10.2 Å². The zero-order chi connectivity index (χ0) is 23.3. The summed E-state index contributed by atoms with van der Waals surface area (Å²) in [6, 6.07) is 11.5. The van der Waals surface area contributed by atoms with E-state index in [-0.39, 0.29) is 23.5 Å². The predicted octanol–water partition coefficient (Wildman–Crippen LogP) is 5.22. The Bertz CT molecular complexity index is 952. The molecule has 1 aliphatic heterocycles. The van der Waals surface area contributed by atoms with Crippen molar-refractivity contribution in [2.75, 3.05) is 18.4 Å². The van der Waals surface area contributed by atoms with Crippen LogP contribution in [0.15, 0.2) is 48.5 Å². The van der Waals surface area contributed by atoms with Gasteiger partial charge in [0.15, 0.2) is 0 Å². The maximum absolute atomic E-state index is 13.0. The highest BCUT2D eigenvalue weighted by Crippen LogP contribution is 2.32. The quantitative estimate of drug-likeness (QED) is 0.639. The van der Waals surface area contributed by atoms with Crippen molar-refractivity contribution in [3.63, 3.8) is 0 Å². The fourth-order valence-corrected chi connectivity index (χ4v) is 3.73. The van der Waals surface area contributed by atoms with Gasteiger partial charge < -0.3 is 15.5 Å². The number of nitrogens with zero attached hydrogens (tertiary/aromatic N) is 1. The first kappa shape index (κ1) is 23.6. The SMILES string of the molecule is CC(C)CC(=O)N1CCC(NC(=O)c2ccccc2Nc2cccc(C(F)(F)F)c2)CC1. The van der Waals surface area contributed by atoms with Gasteiger partial charge in [-0.25, -0.2) is 0 Å². The highest BCUT2D eigenvalue weighted by atomic mass is 19.4. The van der Waals surface area contributed by atoms with Crippen LogP contribution in [-0.4, -0.2) is 35.8 Å². The lowest BCUT2D eigenvalue weighted by molar-refractivity contribution is -0.137. The van der Waals surface area contributed by atoms with E-state index in [9.17, 15) is 22.8 Å². The second-order valence-corrected chi connectivity index (χ2v) is 8.48. The van der Waals surface area contributed by atoms with Crippen molar-refractivity contribution in [3.8, 4) is 0 Å². The Morgan fingerprint density at radius 2 is 1.75 bits per heavy atom. The summed E-state index contributed by atoms with van der Waals surface area (Å²) in [6.45, 7) is 5.21. The number of carbonyl (C=O) groups is 2. The van der Waals surface area contributed by atoms with Gasteiger partial charge in [-0.15, -0.1) is 0 Å². The minimum atomic E-state index is -4.44. The average Bonchev–Trinajstić information content (AvgIpc) is 2.73. The Balaban J connectivity index is 1.64. The number of hydrogen-bond donors (Lipinski definition) is 2. The molecule has 3 rings (SSSR count). The van der Waals surface area contributed by atoms with Crippen LogP contribution in [0.1, 0.15) is 49.0 Å². The molecule has 5 nitrogen and oxygen atoms in total. The third kappa shape index (κ3) is 6.24. The topological polar surface area (TPSA) is 61.4 Å². The number of rotatable bonds is 6. The number of amides is 2. The molecular formula is C24H28F3N3O2. The molecular weight excluding hydrogens is 419 g/mol. The van der Waals surface area contributed by atoms with Gasteiger partial charge >= 0.3 is 6.18 Å². The third-order valence-corrected chi connectivity index (χ3v) is 5.41. The summed E-state index contributed by atoms with van der Waals surface area (Å²) in [5, 5.41) is 5.93. The highest BCUT2D eigenvalue weighted by molar-refractivity contribution is 6.00. The van der Waals surface area contributed by atoms with Gasteiger partial charge in [-0.1, -0.05) is 32.0 Å². The lowest BCUT2D eigenvalue weighted by atomic mass is 10.0. The molecule has 0 aromatic heterocycles. The first-order valence-electron chi connectivity index (χ1n) is 10.8. The summed E-state index contributed by atoms with van der Waals surface area (Å²) in [4.78, 5) is 27.0. The molecule has 1 aliphatic rings. The summed E-state index contributed by atoms with van der Waals surface area (Å²) < 4.78 is 39.0. The average molecular weight is 448 g/mol. The summed E-state index contributed by atoms with van der Waals surface area (Å²) >= 11 is 0. The number of para-hydroxylation sites is 1. The number of piperidine rings is 1. The molecule has 0 bridgehead atoms. The molecule has 2 N–H and O–H groups in total. The summed E-state index contributed by atoms with van der Waals surface area (Å²) in [6.07, 6.45) is -2.59. The molecule has 2 amide bonds. The van der Waals surface area contributed by atoms with Gasteiger partial charge in [0.2, 0.25) is 5.91 Å². The first-order chi connectivity index (χ1) is 15.1. The minimum Gasteiger partial charge on any atom is -0.355 e. The predicted molar refractivity (Wildman–Crippen MR) is 118 cm³/mol. The lowest BCUT2D eigenvalue weighted by Gasteiger charge is -2.33. The lowest BCUT2D eigenvalue weighted by Crippen LogP contribution is -2.46. The van der Waals surface area contributed by atoms with Crippen LogP contribution in [0.25, 0.3) is 0 Å². The van der Waals surface area contributed by atoms with Crippen LogP contribution >= 0.6 is 0 Å². The second kappa shape index (κ2) is 10.1. The smallest absolute Gasteiger partial charge is 0.355 e. The number of nitrogens with one attached hydrogen (secondary N) is 2. The van der Waals surface area contributed by atoms with Crippen LogP contribution < -0.4 is 10.6 Å². The standard InChI is InChI=1S/C24H28F3N3O2/c1-16(2)14-22(31)30-12-10-18(11-13-30)29-23(32)20-8-3-4-9-21(20)28-19-7-5-6-17(15-19)24(25,26)27/h3-9,15-16,18,28H,10-14H2,1-2H3,(H,29,32). The van der Waals surface area contributed by atoms with Crippen LogP contribution in [0.4, 0.5) is 24.5 Å². The Morgan fingerprint density at radius 1 is 1.06 bits per heavy atom. The molecule has 1 heterocycles. The molecule has 0 unspecified atom stereocenters. The van der Waals surface area contributed by atoms with Gasteiger partial charge in [0.05, 0.1) is 16.8 Å². The summed E-state index contributed by atoms with van der Waals surface area (Å²) in [5.74, 6) is 0.146. The highest BCUT2D eigenvalue weighted by Gasteiger charge is 2.30. The van der Waals surface area contributed by atoms with Gasteiger partial charge in [0.1, 0.15) is 0 Å². The molecule has 1 fully saturated rings. The molecule has 0 atom stereocenters. The zero-order valence-corrected chi connectivity index (χ0v) is 18.2. The van der Waals surface area contributed by atoms with E-state index in [0.29, 0.717) is 49.5 Å². The molecule has 2 aromatic rings. The van der Waals surface area contributed by atoms with Crippen LogP contribution in [0.2, 0.25) is 0 Å². The number of benzene rings is 2. The number of anilines is 2. The van der Waals surface area contributed by atoms with E-state index in [0.717, 1.165) is 12.1 Å². The van der Waals surface area contributed by atoms with E-state index in [4.69, 9.17) is 0 Å². The second-order valence-electron chi connectivity index (χ2n) is 8.48.